The van der Waals surface area contributed by atoms with Gasteiger partial charge in [0.25, 0.3) is 5.69 Å². The second kappa shape index (κ2) is 7.77. The molecule has 8 nitrogen and oxygen atoms in total. The lowest BCUT2D eigenvalue weighted by molar-refractivity contribution is -0.384. The van der Waals surface area contributed by atoms with Gasteiger partial charge in [0.1, 0.15) is 12.7 Å². The minimum atomic E-state index is -0.456. The number of hydrogen-bond acceptors (Lipinski definition) is 5. The number of aromatic nitrogens is 3. The van der Waals surface area contributed by atoms with Gasteiger partial charge in [-0.15, -0.1) is 0 Å². The minimum absolute atomic E-state index is 0.0143. The molecule has 3 rings (SSSR count). The van der Waals surface area contributed by atoms with Crippen molar-refractivity contribution in [1.82, 2.24) is 19.7 Å². The first-order valence-electron chi connectivity index (χ1n) is 8.39. The van der Waals surface area contributed by atoms with E-state index in [0.717, 1.165) is 16.8 Å². The van der Waals surface area contributed by atoms with Crippen molar-refractivity contribution >= 4 is 11.6 Å². The van der Waals surface area contributed by atoms with Gasteiger partial charge in [0, 0.05) is 19.2 Å². The van der Waals surface area contributed by atoms with Crippen LogP contribution in [0.15, 0.2) is 61.2 Å². The van der Waals surface area contributed by atoms with Crippen LogP contribution in [-0.4, -0.2) is 37.5 Å². The molecule has 27 heavy (non-hydrogen) atoms. The van der Waals surface area contributed by atoms with Gasteiger partial charge in [-0.2, -0.15) is 5.10 Å². The minimum Gasteiger partial charge on any atom is -0.339 e. The second-order valence-corrected chi connectivity index (χ2v) is 6.21. The highest BCUT2D eigenvalue weighted by Gasteiger charge is 2.18. The maximum Gasteiger partial charge on any atom is 0.269 e. The van der Waals surface area contributed by atoms with Gasteiger partial charge in [-0.1, -0.05) is 24.3 Å². The maximum atomic E-state index is 12.6. The molecule has 0 bridgehead atoms. The van der Waals surface area contributed by atoms with Crippen LogP contribution in [0.3, 0.4) is 0 Å². The molecule has 1 heterocycles. The van der Waals surface area contributed by atoms with E-state index in [1.807, 2.05) is 31.2 Å². The molecule has 0 aliphatic heterocycles. The van der Waals surface area contributed by atoms with Crippen LogP contribution in [-0.2, 0) is 11.2 Å². The lowest BCUT2D eigenvalue weighted by Gasteiger charge is -2.25. The molecule has 0 N–H and O–H groups in total. The summed E-state index contributed by atoms with van der Waals surface area (Å²) < 4.78 is 1.66. The van der Waals surface area contributed by atoms with Gasteiger partial charge in [0.2, 0.25) is 5.91 Å². The molecule has 1 amide bonds. The Balaban J connectivity index is 1.66. The Labute approximate surface area is 156 Å². The smallest absolute Gasteiger partial charge is 0.269 e. The lowest BCUT2D eigenvalue weighted by Crippen LogP contribution is -2.30. The number of likely N-dealkylation sites (N-methyl/N-ethyl adjacent to an activating group) is 1. The monoisotopic (exact) mass is 365 g/mol. The van der Waals surface area contributed by atoms with E-state index in [1.165, 1.54) is 18.5 Å². The van der Waals surface area contributed by atoms with Crippen LogP contribution in [0.1, 0.15) is 24.1 Å². The van der Waals surface area contributed by atoms with Crippen LogP contribution in [0.5, 0.6) is 0 Å². The van der Waals surface area contributed by atoms with Gasteiger partial charge < -0.3 is 4.90 Å². The second-order valence-electron chi connectivity index (χ2n) is 6.21. The highest BCUT2D eigenvalue weighted by atomic mass is 16.6. The molecule has 3 aromatic rings. The van der Waals surface area contributed by atoms with Crippen molar-refractivity contribution in [2.45, 2.75) is 19.4 Å². The Kier molecular flexibility index (Phi) is 5.25. The fraction of sp³-hybridized carbons (Fsp3) is 0.211. The topological polar surface area (TPSA) is 94.2 Å². The van der Waals surface area contributed by atoms with Crippen molar-refractivity contribution in [3.63, 3.8) is 0 Å². The number of nitro groups is 1. The van der Waals surface area contributed by atoms with Crippen LogP contribution < -0.4 is 0 Å². The Morgan fingerprint density at radius 1 is 1.19 bits per heavy atom. The number of carbonyl (C=O) groups excluding carboxylic acids is 1. The van der Waals surface area contributed by atoms with E-state index >= 15 is 0 Å². The van der Waals surface area contributed by atoms with Crippen molar-refractivity contribution in [2.75, 3.05) is 7.05 Å². The molecule has 1 aromatic heterocycles. The van der Waals surface area contributed by atoms with E-state index in [4.69, 9.17) is 0 Å². The summed E-state index contributed by atoms with van der Waals surface area (Å²) in [6.45, 7) is 1.96. The number of rotatable bonds is 6. The summed E-state index contributed by atoms with van der Waals surface area (Å²) in [6.07, 6.45) is 3.29. The largest absolute Gasteiger partial charge is 0.339 e. The van der Waals surface area contributed by atoms with Crippen LogP contribution in [0, 0.1) is 10.1 Å². The lowest BCUT2D eigenvalue weighted by atomic mass is 10.1. The number of nitrogens with zero attached hydrogens (tertiary/aromatic N) is 5. The van der Waals surface area contributed by atoms with E-state index in [0.29, 0.717) is 0 Å². The number of nitro benzene ring substituents is 1. The van der Waals surface area contributed by atoms with Crippen LogP contribution in [0.25, 0.3) is 5.69 Å². The molecule has 0 aliphatic rings. The molecule has 1 unspecified atom stereocenters. The van der Waals surface area contributed by atoms with Gasteiger partial charge in [0.05, 0.1) is 23.1 Å². The van der Waals surface area contributed by atoms with Crippen LogP contribution in [0.2, 0.25) is 0 Å². The quantitative estimate of drug-likeness (QED) is 0.494. The van der Waals surface area contributed by atoms with E-state index in [1.54, 1.807) is 35.1 Å². The maximum absolute atomic E-state index is 12.6. The molecule has 0 aliphatic carbocycles. The highest BCUT2D eigenvalue weighted by Crippen LogP contribution is 2.21. The number of benzene rings is 2. The van der Waals surface area contributed by atoms with Crippen molar-refractivity contribution in [2.24, 2.45) is 0 Å². The molecule has 0 saturated heterocycles. The third-order valence-electron chi connectivity index (χ3n) is 4.54. The summed E-state index contributed by atoms with van der Waals surface area (Å²) in [7, 11) is 1.75. The average Bonchev–Trinajstić information content (AvgIpc) is 3.22. The summed E-state index contributed by atoms with van der Waals surface area (Å²) in [6, 6.07) is 13.7. The fourth-order valence-corrected chi connectivity index (χ4v) is 2.72. The highest BCUT2D eigenvalue weighted by molar-refractivity contribution is 5.79. The van der Waals surface area contributed by atoms with Crippen LogP contribution in [0.4, 0.5) is 5.69 Å². The van der Waals surface area contributed by atoms with Gasteiger partial charge in [-0.3, -0.25) is 14.9 Å². The summed E-state index contributed by atoms with van der Waals surface area (Å²) in [5.41, 5.74) is 2.65. The predicted molar refractivity (Wildman–Crippen MR) is 99.3 cm³/mol. The van der Waals surface area contributed by atoms with E-state index in [9.17, 15) is 14.9 Å². The molecule has 2 aromatic carbocycles. The van der Waals surface area contributed by atoms with E-state index in [2.05, 4.69) is 10.1 Å². The number of hydrogen-bond donors (Lipinski definition) is 0. The van der Waals surface area contributed by atoms with Gasteiger partial charge >= 0.3 is 0 Å². The first kappa shape index (κ1) is 18.2. The fourth-order valence-electron chi connectivity index (χ4n) is 2.72. The number of non-ortho nitro benzene ring substituents is 1. The SMILES string of the molecule is CC(c1ccc(-n2cncn2)cc1)N(C)C(=O)Cc1ccc([N+](=O)[O-])cc1. The summed E-state index contributed by atoms with van der Waals surface area (Å²) in [5.74, 6) is -0.0586. The van der Waals surface area contributed by atoms with Gasteiger partial charge in [0.15, 0.2) is 0 Å². The van der Waals surface area contributed by atoms with Crippen molar-refractivity contribution in [3.8, 4) is 5.69 Å². The third kappa shape index (κ3) is 4.17. The van der Waals surface area contributed by atoms with Gasteiger partial charge in [-0.25, -0.2) is 9.67 Å². The zero-order chi connectivity index (χ0) is 19.4. The standard InChI is InChI=1S/C19H19N5O3/c1-14(16-5-9-17(10-6-16)23-13-20-12-21-23)22(2)19(25)11-15-3-7-18(8-4-15)24(26)27/h3-10,12-14H,11H2,1-2H3. The van der Waals surface area contributed by atoms with E-state index in [-0.39, 0.29) is 24.1 Å². The molecule has 8 heteroatoms. The Bertz CT molecular complexity index is 921. The van der Waals surface area contributed by atoms with Gasteiger partial charge in [-0.05, 0) is 30.2 Å². The summed E-state index contributed by atoms with van der Waals surface area (Å²) in [4.78, 5) is 28.4. The summed E-state index contributed by atoms with van der Waals surface area (Å²) >= 11 is 0. The van der Waals surface area contributed by atoms with E-state index < -0.39 is 4.92 Å². The third-order valence-corrected chi connectivity index (χ3v) is 4.54. The molecule has 0 fully saturated rings. The molecule has 1 atom stereocenters. The molecule has 0 radical (unpaired) electrons. The predicted octanol–water partition coefficient (Wildman–Crippen LogP) is 2.94. The molecule has 0 saturated carbocycles. The molecular weight excluding hydrogens is 346 g/mol. The van der Waals surface area contributed by atoms with Crippen molar-refractivity contribution in [1.29, 1.82) is 0 Å². The normalized spacial score (nSPS) is 11.8. The average molecular weight is 365 g/mol. The number of carbonyl (C=O) groups is 1. The van der Waals surface area contributed by atoms with Crippen molar-refractivity contribution < 1.29 is 9.72 Å². The summed E-state index contributed by atoms with van der Waals surface area (Å²) in [5, 5.41) is 14.8. The molecule has 0 spiro atoms. The first-order chi connectivity index (χ1) is 13.0. The molecule has 138 valence electrons. The molecular formula is C19H19N5O3. The zero-order valence-electron chi connectivity index (χ0n) is 15.0. The first-order valence-corrected chi connectivity index (χ1v) is 8.39. The van der Waals surface area contributed by atoms with Crippen LogP contribution >= 0.6 is 0 Å². The Morgan fingerprint density at radius 3 is 2.41 bits per heavy atom. The zero-order valence-corrected chi connectivity index (χ0v) is 15.0. The van der Waals surface area contributed by atoms with Crippen molar-refractivity contribution in [3.05, 3.63) is 82.4 Å². The Hall–Kier alpha value is -3.55. The number of amides is 1. The Morgan fingerprint density at radius 2 is 1.85 bits per heavy atom.